The molecular weight excluding hydrogens is 452 g/mol. The number of pyridine rings is 1. The number of thiophene rings is 1. The molecule has 0 fully saturated rings. The highest BCUT2D eigenvalue weighted by molar-refractivity contribution is 7.98. The van der Waals surface area contributed by atoms with Crippen LogP contribution < -0.4 is 11.1 Å². The fourth-order valence-electron chi connectivity index (χ4n) is 4.50. The van der Waals surface area contributed by atoms with Crippen LogP contribution in [0.3, 0.4) is 0 Å². The van der Waals surface area contributed by atoms with Gasteiger partial charge in [0.05, 0.1) is 16.8 Å². The number of hydrogen-bond acceptors (Lipinski definition) is 6. The van der Waals surface area contributed by atoms with E-state index in [1.165, 1.54) is 22.2 Å². The molecule has 0 spiro atoms. The number of fused-ring (bicyclic) bond motifs is 4. The molecule has 5 aromatic rings. The number of thioether (sulfide) groups is 1. The fraction of sp³-hybridized carbons (Fsp3) is 0.200. The molecule has 0 unspecified atom stereocenters. The van der Waals surface area contributed by atoms with Crippen LogP contribution in [0.4, 0.5) is 0 Å². The first-order valence-corrected chi connectivity index (χ1v) is 12.6. The maximum Gasteiger partial charge on any atom is 0.267 e. The van der Waals surface area contributed by atoms with E-state index in [-0.39, 0.29) is 11.1 Å². The molecule has 0 N–H and O–H groups in total. The summed E-state index contributed by atoms with van der Waals surface area (Å²) in [6, 6.07) is 16.8. The Hall–Kier alpha value is -3.23. The van der Waals surface area contributed by atoms with Crippen molar-refractivity contribution < 1.29 is 0 Å². The summed E-state index contributed by atoms with van der Waals surface area (Å²) in [5.74, 6) is 0.440. The van der Waals surface area contributed by atoms with Crippen molar-refractivity contribution in [2.24, 2.45) is 0 Å². The molecule has 0 saturated carbocycles. The van der Waals surface area contributed by atoms with E-state index in [4.69, 9.17) is 4.98 Å². The van der Waals surface area contributed by atoms with Crippen molar-refractivity contribution in [1.29, 1.82) is 0 Å². The zero-order valence-corrected chi connectivity index (χ0v) is 19.6. The number of benzene rings is 1. The molecule has 33 heavy (non-hydrogen) atoms. The molecule has 1 aliphatic carbocycles. The third-order valence-electron chi connectivity index (χ3n) is 6.00. The molecular formula is C25H20N4O2S2. The molecule has 4 aromatic heterocycles. The van der Waals surface area contributed by atoms with Gasteiger partial charge in [-0.15, -0.1) is 11.3 Å². The van der Waals surface area contributed by atoms with E-state index in [1.54, 1.807) is 26.4 Å². The number of nitrogens with zero attached hydrogens (tertiary/aromatic N) is 4. The molecule has 0 saturated heterocycles. The van der Waals surface area contributed by atoms with Crippen molar-refractivity contribution in [3.8, 4) is 5.69 Å². The molecule has 0 radical (unpaired) electrons. The predicted octanol–water partition coefficient (Wildman–Crippen LogP) is 4.54. The van der Waals surface area contributed by atoms with Crippen LogP contribution in [-0.4, -0.2) is 18.9 Å². The number of para-hydroxylation sites is 1. The lowest BCUT2D eigenvalue weighted by Gasteiger charge is -2.12. The van der Waals surface area contributed by atoms with Crippen LogP contribution >= 0.6 is 23.1 Å². The van der Waals surface area contributed by atoms with Crippen molar-refractivity contribution in [2.45, 2.75) is 37.1 Å². The molecule has 4 heterocycles. The van der Waals surface area contributed by atoms with Gasteiger partial charge in [-0.1, -0.05) is 36.0 Å². The van der Waals surface area contributed by atoms with E-state index in [9.17, 15) is 9.59 Å². The highest BCUT2D eigenvalue weighted by Gasteiger charge is 2.24. The maximum atomic E-state index is 13.7. The minimum Gasteiger partial charge on any atom is -0.269 e. The van der Waals surface area contributed by atoms with Crippen LogP contribution in [-0.2, 0) is 18.6 Å². The summed E-state index contributed by atoms with van der Waals surface area (Å²) in [5.41, 5.74) is 3.98. The average Bonchev–Trinajstić information content (AvgIpc) is 3.39. The summed E-state index contributed by atoms with van der Waals surface area (Å²) in [4.78, 5) is 38.1. The third-order valence-corrected chi connectivity index (χ3v) is 8.16. The number of aromatic nitrogens is 4. The Morgan fingerprint density at radius 1 is 1.03 bits per heavy atom. The normalized spacial score (nSPS) is 13.1. The average molecular weight is 473 g/mol. The monoisotopic (exact) mass is 472 g/mol. The van der Waals surface area contributed by atoms with Crippen LogP contribution in [0.1, 0.15) is 28.2 Å². The van der Waals surface area contributed by atoms with Crippen molar-refractivity contribution in [2.75, 3.05) is 0 Å². The van der Waals surface area contributed by atoms with Crippen molar-refractivity contribution >= 4 is 39.0 Å². The second kappa shape index (κ2) is 7.97. The molecule has 0 bridgehead atoms. The van der Waals surface area contributed by atoms with Gasteiger partial charge >= 0.3 is 0 Å². The van der Waals surface area contributed by atoms with E-state index < -0.39 is 0 Å². The Morgan fingerprint density at radius 3 is 2.73 bits per heavy atom. The zero-order valence-electron chi connectivity index (χ0n) is 17.9. The Bertz CT molecular complexity index is 1650. The largest absolute Gasteiger partial charge is 0.269 e. The Morgan fingerprint density at radius 2 is 1.88 bits per heavy atom. The first-order valence-electron chi connectivity index (χ1n) is 10.8. The van der Waals surface area contributed by atoms with Crippen LogP contribution in [0.5, 0.6) is 0 Å². The Labute approximate surface area is 197 Å². The quantitative estimate of drug-likeness (QED) is 0.284. The SMILES string of the molecule is Cc1cccc2nc(CSc3nc4sc5c(c4c(=O)n3-c3ccccc3)CCC5)cc(=O)n12. The summed E-state index contributed by atoms with van der Waals surface area (Å²) in [5, 5.41) is 1.38. The van der Waals surface area contributed by atoms with Crippen LogP contribution in [0.15, 0.2) is 69.3 Å². The standard InChI is InChI=1S/C25H20N4O2S2/c1-15-7-5-12-20-26-16(13-21(30)28(15)20)14-32-25-27-23-22(18-10-6-11-19(18)33-23)24(31)29(25)17-8-3-2-4-9-17/h2-5,7-9,12-13H,6,10-11,14H2,1H3. The zero-order chi connectivity index (χ0) is 22.5. The van der Waals surface area contributed by atoms with Crippen LogP contribution in [0.25, 0.3) is 21.6 Å². The number of rotatable bonds is 4. The van der Waals surface area contributed by atoms with Crippen molar-refractivity contribution in [1.82, 2.24) is 18.9 Å². The second-order valence-electron chi connectivity index (χ2n) is 8.14. The summed E-state index contributed by atoms with van der Waals surface area (Å²) >= 11 is 3.07. The molecule has 0 amide bonds. The van der Waals surface area contributed by atoms with E-state index in [0.717, 1.165) is 40.9 Å². The van der Waals surface area contributed by atoms with Gasteiger partial charge in [-0.25, -0.2) is 9.97 Å². The lowest BCUT2D eigenvalue weighted by Crippen LogP contribution is -2.22. The smallest absolute Gasteiger partial charge is 0.267 e. The minimum absolute atomic E-state index is 0.0183. The molecule has 6 nitrogen and oxygen atoms in total. The molecule has 6 rings (SSSR count). The molecule has 8 heteroatoms. The summed E-state index contributed by atoms with van der Waals surface area (Å²) < 4.78 is 3.31. The van der Waals surface area contributed by atoms with Gasteiger partial charge in [-0.05, 0) is 56.0 Å². The van der Waals surface area contributed by atoms with E-state index in [1.807, 2.05) is 55.5 Å². The van der Waals surface area contributed by atoms with Crippen molar-refractivity contribution in [3.05, 3.63) is 97.1 Å². The second-order valence-corrected chi connectivity index (χ2v) is 10.2. The minimum atomic E-state index is -0.104. The maximum absolute atomic E-state index is 13.7. The highest BCUT2D eigenvalue weighted by Crippen LogP contribution is 2.36. The number of hydrogen-bond donors (Lipinski definition) is 0. The highest BCUT2D eigenvalue weighted by atomic mass is 32.2. The topological polar surface area (TPSA) is 69.3 Å². The summed E-state index contributed by atoms with van der Waals surface area (Å²) in [6.07, 6.45) is 3.06. The lowest BCUT2D eigenvalue weighted by atomic mass is 10.2. The van der Waals surface area contributed by atoms with Gasteiger partial charge in [0.15, 0.2) is 5.16 Å². The Balaban J connectivity index is 1.47. The predicted molar refractivity (Wildman–Crippen MR) is 133 cm³/mol. The number of aryl methyl sites for hydroxylation is 3. The first-order chi connectivity index (χ1) is 16.1. The van der Waals surface area contributed by atoms with Crippen LogP contribution in [0, 0.1) is 6.92 Å². The van der Waals surface area contributed by atoms with Gasteiger partial charge in [0.2, 0.25) is 0 Å². The summed E-state index contributed by atoms with van der Waals surface area (Å²) in [6.45, 7) is 1.89. The third kappa shape index (κ3) is 3.41. The Kier molecular flexibility index (Phi) is 4.92. The lowest BCUT2D eigenvalue weighted by molar-refractivity contribution is 0.819. The molecule has 1 aliphatic rings. The van der Waals surface area contributed by atoms with Gasteiger partial charge in [0.25, 0.3) is 11.1 Å². The van der Waals surface area contributed by atoms with Gasteiger partial charge in [0.1, 0.15) is 10.5 Å². The van der Waals surface area contributed by atoms with E-state index >= 15 is 0 Å². The van der Waals surface area contributed by atoms with Gasteiger partial charge in [-0.3, -0.25) is 18.6 Å². The summed E-state index contributed by atoms with van der Waals surface area (Å²) in [7, 11) is 0. The van der Waals surface area contributed by atoms with Gasteiger partial charge in [-0.2, -0.15) is 0 Å². The van der Waals surface area contributed by atoms with Gasteiger partial charge < -0.3 is 0 Å². The van der Waals surface area contributed by atoms with E-state index in [2.05, 4.69) is 4.98 Å². The van der Waals surface area contributed by atoms with Crippen LogP contribution in [0.2, 0.25) is 0 Å². The van der Waals surface area contributed by atoms with Gasteiger partial charge in [0, 0.05) is 22.4 Å². The fourth-order valence-corrected chi connectivity index (χ4v) is 6.71. The van der Waals surface area contributed by atoms with E-state index in [0.29, 0.717) is 22.3 Å². The molecule has 1 aromatic carbocycles. The molecule has 0 atom stereocenters. The van der Waals surface area contributed by atoms with Crippen molar-refractivity contribution in [3.63, 3.8) is 0 Å². The first kappa shape index (κ1) is 20.4. The molecule has 164 valence electrons. The molecule has 0 aliphatic heterocycles.